The van der Waals surface area contributed by atoms with Gasteiger partial charge in [0.25, 0.3) is 0 Å². The summed E-state index contributed by atoms with van der Waals surface area (Å²) in [5.74, 6) is 2.88. The average molecular weight is 250 g/mol. The molecule has 0 spiro atoms. The lowest BCUT2D eigenvalue weighted by atomic mass is 10.0. The molecule has 0 saturated heterocycles. The van der Waals surface area contributed by atoms with E-state index in [1.54, 1.807) is 0 Å². The fourth-order valence-corrected chi connectivity index (χ4v) is 5.34. The van der Waals surface area contributed by atoms with E-state index in [0.29, 0.717) is 10.9 Å². The molecule has 4 unspecified atom stereocenters. The van der Waals surface area contributed by atoms with Crippen LogP contribution in [0.5, 0.6) is 0 Å². The summed E-state index contributed by atoms with van der Waals surface area (Å²) in [4.78, 5) is 15.2. The number of nitrogen functional groups attached to an aromatic ring is 1. The quantitative estimate of drug-likeness (QED) is 0.843. The van der Waals surface area contributed by atoms with Crippen LogP contribution < -0.4 is 5.73 Å². The smallest absolute Gasteiger partial charge is 0.357 e. The van der Waals surface area contributed by atoms with Crippen molar-refractivity contribution in [3.63, 3.8) is 0 Å². The predicted molar refractivity (Wildman–Crippen MR) is 64.0 cm³/mol. The van der Waals surface area contributed by atoms with Crippen LogP contribution in [0.2, 0.25) is 0 Å². The van der Waals surface area contributed by atoms with Crippen LogP contribution in [0.15, 0.2) is 0 Å². The number of carboxylic acids is 1. The second-order valence-electron chi connectivity index (χ2n) is 5.58. The number of rotatable bonds is 2. The maximum Gasteiger partial charge on any atom is 0.357 e. The maximum atomic E-state index is 10.9. The third kappa shape index (κ3) is 1.18. The van der Waals surface area contributed by atoms with Gasteiger partial charge in [0.15, 0.2) is 5.69 Å². The summed E-state index contributed by atoms with van der Waals surface area (Å²) in [5, 5.41) is 10.3. The minimum Gasteiger partial charge on any atom is -0.476 e. The number of aromatic carboxylic acids is 1. The summed E-state index contributed by atoms with van der Waals surface area (Å²) >= 11 is 1.39. The largest absolute Gasteiger partial charge is 0.476 e. The fraction of sp³-hybridized carbons (Fsp3) is 0.667. The summed E-state index contributed by atoms with van der Waals surface area (Å²) in [7, 11) is 0. The van der Waals surface area contributed by atoms with Crippen LogP contribution in [0.1, 0.15) is 40.7 Å². The molecule has 3 aliphatic carbocycles. The SMILES string of the molecule is Nc1sc(C2C3C4CCC(C4)C23)nc1C(=O)O. The van der Waals surface area contributed by atoms with E-state index in [1.807, 2.05) is 0 Å². The van der Waals surface area contributed by atoms with Gasteiger partial charge in [-0.3, -0.25) is 0 Å². The molecule has 0 aromatic carbocycles. The molecule has 90 valence electrons. The number of hydrogen-bond acceptors (Lipinski definition) is 4. The third-order valence-corrected chi connectivity index (χ3v) is 5.88. The molecule has 17 heavy (non-hydrogen) atoms. The Bertz CT molecular complexity index is 497. The van der Waals surface area contributed by atoms with Crippen LogP contribution in [0, 0.1) is 23.7 Å². The van der Waals surface area contributed by atoms with E-state index < -0.39 is 5.97 Å². The van der Waals surface area contributed by atoms with Gasteiger partial charge in [-0.1, -0.05) is 0 Å². The van der Waals surface area contributed by atoms with Gasteiger partial charge in [-0.05, 0) is 42.9 Å². The van der Waals surface area contributed by atoms with Crippen molar-refractivity contribution in [3.05, 3.63) is 10.7 Å². The van der Waals surface area contributed by atoms with Crippen molar-refractivity contribution < 1.29 is 9.90 Å². The Morgan fingerprint density at radius 1 is 1.35 bits per heavy atom. The van der Waals surface area contributed by atoms with E-state index >= 15 is 0 Å². The summed E-state index contributed by atoms with van der Waals surface area (Å²) < 4.78 is 0. The molecule has 3 saturated carbocycles. The molecule has 1 aromatic heterocycles. The number of anilines is 1. The minimum absolute atomic E-state index is 0.0577. The van der Waals surface area contributed by atoms with Crippen LogP contribution in [0.4, 0.5) is 5.00 Å². The lowest BCUT2D eigenvalue weighted by molar-refractivity contribution is 0.0692. The van der Waals surface area contributed by atoms with Crippen molar-refractivity contribution in [2.45, 2.75) is 25.2 Å². The Morgan fingerprint density at radius 2 is 2.00 bits per heavy atom. The van der Waals surface area contributed by atoms with E-state index in [-0.39, 0.29) is 5.69 Å². The van der Waals surface area contributed by atoms with E-state index in [0.717, 1.165) is 28.7 Å². The van der Waals surface area contributed by atoms with Crippen molar-refractivity contribution in [2.75, 3.05) is 5.73 Å². The first kappa shape index (κ1) is 9.88. The monoisotopic (exact) mass is 250 g/mol. The van der Waals surface area contributed by atoms with E-state index in [4.69, 9.17) is 10.8 Å². The number of aromatic nitrogens is 1. The van der Waals surface area contributed by atoms with E-state index in [1.165, 1.54) is 30.6 Å². The van der Waals surface area contributed by atoms with Gasteiger partial charge in [-0.15, -0.1) is 11.3 Å². The summed E-state index contributed by atoms with van der Waals surface area (Å²) in [6, 6.07) is 0. The average Bonchev–Trinajstić information content (AvgIpc) is 2.66. The number of nitrogens with two attached hydrogens (primary N) is 1. The first-order valence-electron chi connectivity index (χ1n) is 6.16. The van der Waals surface area contributed by atoms with Gasteiger partial charge in [0.2, 0.25) is 0 Å². The summed E-state index contributed by atoms with van der Waals surface area (Å²) in [5.41, 5.74) is 5.78. The third-order valence-electron chi connectivity index (χ3n) is 4.89. The van der Waals surface area contributed by atoms with Crippen LogP contribution in [0.25, 0.3) is 0 Å². The molecule has 2 bridgehead atoms. The summed E-state index contributed by atoms with van der Waals surface area (Å²) in [6.07, 6.45) is 4.14. The zero-order valence-corrected chi connectivity index (χ0v) is 10.1. The molecule has 1 aromatic rings. The van der Waals surface area contributed by atoms with Gasteiger partial charge in [-0.2, -0.15) is 0 Å². The highest BCUT2D eigenvalue weighted by Crippen LogP contribution is 2.73. The lowest BCUT2D eigenvalue weighted by Gasteiger charge is -2.05. The molecule has 0 amide bonds. The Balaban J connectivity index is 1.65. The molecule has 3 N–H and O–H groups in total. The number of fused-ring (bicyclic) bond motifs is 5. The first-order valence-corrected chi connectivity index (χ1v) is 6.98. The highest BCUT2D eigenvalue weighted by Gasteiger charge is 2.66. The molecule has 0 radical (unpaired) electrons. The molecule has 4 rings (SSSR count). The van der Waals surface area contributed by atoms with E-state index in [9.17, 15) is 4.79 Å². The standard InChI is InChI=1S/C12H14N2O2S/c13-10-9(12(15)16)14-11(17-10)8-6-4-1-2-5(3-4)7(6)8/h4-8H,1-3,13H2,(H,15,16). The van der Waals surface area contributed by atoms with Crippen LogP contribution in [-0.4, -0.2) is 16.1 Å². The molecule has 0 aliphatic heterocycles. The van der Waals surface area contributed by atoms with Crippen molar-refractivity contribution in [1.29, 1.82) is 0 Å². The second kappa shape index (κ2) is 3.02. The topological polar surface area (TPSA) is 76.2 Å². The first-order chi connectivity index (χ1) is 8.16. The number of thiazole rings is 1. The van der Waals surface area contributed by atoms with Gasteiger partial charge in [0, 0.05) is 5.92 Å². The van der Waals surface area contributed by atoms with Crippen molar-refractivity contribution in [1.82, 2.24) is 4.98 Å². The molecule has 3 fully saturated rings. The van der Waals surface area contributed by atoms with Gasteiger partial charge in [-0.25, -0.2) is 9.78 Å². The van der Waals surface area contributed by atoms with Gasteiger partial charge >= 0.3 is 5.97 Å². The molecule has 1 heterocycles. The molecule has 4 nitrogen and oxygen atoms in total. The number of nitrogens with zero attached hydrogens (tertiary/aromatic N) is 1. The second-order valence-corrected chi connectivity index (χ2v) is 6.65. The number of hydrogen-bond donors (Lipinski definition) is 2. The van der Waals surface area contributed by atoms with Crippen LogP contribution in [0.3, 0.4) is 0 Å². The number of carboxylic acid groups (broad SMARTS) is 1. The molecule has 5 heteroatoms. The van der Waals surface area contributed by atoms with Crippen LogP contribution in [-0.2, 0) is 0 Å². The molecule has 3 aliphatic rings. The van der Waals surface area contributed by atoms with E-state index in [2.05, 4.69) is 4.98 Å². The maximum absolute atomic E-state index is 10.9. The Morgan fingerprint density at radius 3 is 2.53 bits per heavy atom. The Hall–Kier alpha value is -1.10. The highest BCUT2D eigenvalue weighted by atomic mass is 32.1. The van der Waals surface area contributed by atoms with Crippen molar-refractivity contribution in [2.24, 2.45) is 23.7 Å². The minimum atomic E-state index is -1.00. The Kier molecular flexibility index (Phi) is 1.75. The zero-order chi connectivity index (χ0) is 11.7. The summed E-state index contributed by atoms with van der Waals surface area (Å²) in [6.45, 7) is 0. The van der Waals surface area contributed by atoms with Crippen LogP contribution >= 0.6 is 11.3 Å². The lowest BCUT2D eigenvalue weighted by Crippen LogP contribution is -2.01. The predicted octanol–water partition coefficient (Wildman–Crippen LogP) is 2.18. The van der Waals surface area contributed by atoms with Crippen molar-refractivity contribution in [3.8, 4) is 0 Å². The van der Waals surface area contributed by atoms with Crippen molar-refractivity contribution >= 4 is 22.3 Å². The molecular formula is C12H14N2O2S. The normalized spacial score (nSPS) is 41.5. The van der Waals surface area contributed by atoms with Gasteiger partial charge < -0.3 is 10.8 Å². The Labute approximate surface area is 103 Å². The fourth-order valence-electron chi connectivity index (χ4n) is 4.30. The highest BCUT2D eigenvalue weighted by molar-refractivity contribution is 7.16. The van der Waals surface area contributed by atoms with Gasteiger partial charge in [0.05, 0.1) is 5.01 Å². The van der Waals surface area contributed by atoms with Gasteiger partial charge in [0.1, 0.15) is 5.00 Å². The molecular weight excluding hydrogens is 236 g/mol. The zero-order valence-electron chi connectivity index (χ0n) is 9.30. The number of carbonyl (C=O) groups is 1. The molecule has 4 atom stereocenters.